The molecular formula is C10H5F5O2. The molecule has 0 aliphatic heterocycles. The first-order valence-corrected chi connectivity index (χ1v) is 4.19. The van der Waals surface area contributed by atoms with E-state index in [0.717, 1.165) is 0 Å². The minimum atomic E-state index is -4.71. The van der Waals surface area contributed by atoms with Gasteiger partial charge in [0, 0.05) is 5.56 Å². The molecule has 0 spiro atoms. The molecule has 1 aromatic rings. The average Bonchev–Trinajstić information content (AvgIpc) is 2.19. The van der Waals surface area contributed by atoms with Crippen molar-refractivity contribution in [1.29, 1.82) is 0 Å². The molecule has 0 aliphatic carbocycles. The van der Waals surface area contributed by atoms with E-state index >= 15 is 0 Å². The summed E-state index contributed by atoms with van der Waals surface area (Å²) in [4.78, 5) is 10.1. The quantitative estimate of drug-likeness (QED) is 0.648. The van der Waals surface area contributed by atoms with Gasteiger partial charge in [0.15, 0.2) is 0 Å². The highest BCUT2D eigenvalue weighted by molar-refractivity contribution is 5.89. The molecule has 7 heteroatoms. The summed E-state index contributed by atoms with van der Waals surface area (Å²) in [5.74, 6) is -4.88. The number of hydrogen-bond donors (Lipinski definition) is 1. The Morgan fingerprint density at radius 3 is 2.35 bits per heavy atom. The second kappa shape index (κ2) is 4.52. The smallest absolute Gasteiger partial charge is 0.416 e. The fourth-order valence-electron chi connectivity index (χ4n) is 1.03. The van der Waals surface area contributed by atoms with Crippen molar-refractivity contribution in [3.8, 4) is 0 Å². The number of carboxylic acids is 1. The van der Waals surface area contributed by atoms with Crippen molar-refractivity contribution in [3.63, 3.8) is 0 Å². The van der Waals surface area contributed by atoms with Crippen molar-refractivity contribution in [2.75, 3.05) is 0 Å². The number of halogens is 5. The van der Waals surface area contributed by atoms with Crippen molar-refractivity contribution in [2.45, 2.75) is 6.18 Å². The van der Waals surface area contributed by atoms with E-state index in [1.54, 1.807) is 0 Å². The van der Waals surface area contributed by atoms with Gasteiger partial charge in [-0.2, -0.15) is 17.6 Å². The lowest BCUT2D eigenvalue weighted by molar-refractivity contribution is -0.137. The standard InChI is InChI=1S/C10H5F5O2/c11-7-2-1-6(10(13,14)15)3-5(7)4-8(12)9(16)17/h1-4H,(H,16,17)/b8-4-. The third kappa shape index (κ3) is 3.27. The van der Waals surface area contributed by atoms with E-state index in [9.17, 15) is 26.7 Å². The first-order chi connectivity index (χ1) is 7.71. The molecule has 0 unspecified atom stereocenters. The number of benzene rings is 1. The molecule has 1 aromatic carbocycles. The van der Waals surface area contributed by atoms with Crippen LogP contribution < -0.4 is 0 Å². The summed E-state index contributed by atoms with van der Waals surface area (Å²) in [5.41, 5.74) is -1.97. The minimum Gasteiger partial charge on any atom is -0.476 e. The maximum Gasteiger partial charge on any atom is 0.416 e. The molecule has 0 saturated heterocycles. The van der Waals surface area contributed by atoms with Gasteiger partial charge in [0.1, 0.15) is 5.82 Å². The van der Waals surface area contributed by atoms with E-state index in [2.05, 4.69) is 0 Å². The Kier molecular flexibility index (Phi) is 3.50. The first-order valence-electron chi connectivity index (χ1n) is 4.19. The van der Waals surface area contributed by atoms with Gasteiger partial charge in [-0.3, -0.25) is 0 Å². The monoisotopic (exact) mass is 252 g/mol. The molecule has 0 fully saturated rings. The molecule has 17 heavy (non-hydrogen) atoms. The van der Waals surface area contributed by atoms with Gasteiger partial charge in [0.05, 0.1) is 5.56 Å². The molecule has 0 heterocycles. The molecule has 0 radical (unpaired) electrons. The third-order valence-electron chi connectivity index (χ3n) is 1.81. The van der Waals surface area contributed by atoms with Crippen LogP contribution >= 0.6 is 0 Å². The zero-order chi connectivity index (χ0) is 13.2. The molecule has 2 nitrogen and oxygen atoms in total. The second-order valence-electron chi connectivity index (χ2n) is 3.03. The topological polar surface area (TPSA) is 37.3 Å². The maximum atomic E-state index is 13.0. The zero-order valence-corrected chi connectivity index (χ0v) is 8.05. The zero-order valence-electron chi connectivity index (χ0n) is 8.05. The van der Waals surface area contributed by atoms with Gasteiger partial charge in [0.2, 0.25) is 5.83 Å². The van der Waals surface area contributed by atoms with Gasteiger partial charge in [-0.15, -0.1) is 0 Å². The molecule has 0 aromatic heterocycles. The number of aliphatic carboxylic acids is 1. The van der Waals surface area contributed by atoms with Crippen molar-refractivity contribution < 1.29 is 31.9 Å². The molecule has 0 atom stereocenters. The Labute approximate surface area is 92.0 Å². The minimum absolute atomic E-state index is 0.187. The summed E-state index contributed by atoms with van der Waals surface area (Å²) < 4.78 is 62.4. The Hall–Kier alpha value is -1.92. The Bertz CT molecular complexity index is 476. The van der Waals surface area contributed by atoms with Crippen LogP contribution in [0.15, 0.2) is 24.0 Å². The van der Waals surface area contributed by atoms with Crippen LogP contribution in [-0.4, -0.2) is 11.1 Å². The Morgan fingerprint density at radius 1 is 1.29 bits per heavy atom. The van der Waals surface area contributed by atoms with E-state index < -0.39 is 34.9 Å². The number of carboxylic acid groups (broad SMARTS) is 1. The van der Waals surface area contributed by atoms with Crippen LogP contribution in [0.5, 0.6) is 0 Å². The van der Waals surface area contributed by atoms with Crippen molar-refractivity contribution in [1.82, 2.24) is 0 Å². The average molecular weight is 252 g/mol. The maximum absolute atomic E-state index is 13.0. The van der Waals surface area contributed by atoms with E-state index in [-0.39, 0.29) is 6.08 Å². The lowest BCUT2D eigenvalue weighted by Gasteiger charge is -2.07. The molecule has 0 amide bonds. The van der Waals surface area contributed by atoms with Crippen molar-refractivity contribution >= 4 is 12.0 Å². The highest BCUT2D eigenvalue weighted by Gasteiger charge is 2.31. The molecule has 0 saturated carbocycles. The van der Waals surface area contributed by atoms with E-state index in [4.69, 9.17) is 5.11 Å². The third-order valence-corrected chi connectivity index (χ3v) is 1.81. The van der Waals surface area contributed by atoms with E-state index in [1.165, 1.54) is 0 Å². The summed E-state index contributed by atoms with van der Waals surface area (Å²) in [6, 6.07) is 1.30. The van der Waals surface area contributed by atoms with Crippen molar-refractivity contribution in [3.05, 3.63) is 41.0 Å². The second-order valence-corrected chi connectivity index (χ2v) is 3.03. The summed E-state index contributed by atoms with van der Waals surface area (Å²) in [6.07, 6.45) is -4.52. The summed E-state index contributed by atoms with van der Waals surface area (Å²) >= 11 is 0. The summed E-state index contributed by atoms with van der Waals surface area (Å²) in [5, 5.41) is 8.18. The predicted molar refractivity (Wildman–Crippen MR) is 48.1 cm³/mol. The molecule has 0 bridgehead atoms. The number of hydrogen-bond acceptors (Lipinski definition) is 1. The number of alkyl halides is 3. The molecule has 92 valence electrons. The van der Waals surface area contributed by atoms with Gasteiger partial charge < -0.3 is 5.11 Å². The van der Waals surface area contributed by atoms with E-state index in [0.29, 0.717) is 18.2 Å². The van der Waals surface area contributed by atoms with Crippen LogP contribution in [-0.2, 0) is 11.0 Å². The Balaban J connectivity index is 3.25. The van der Waals surface area contributed by atoms with E-state index in [1.807, 2.05) is 0 Å². The normalized spacial score (nSPS) is 12.6. The van der Waals surface area contributed by atoms with Crippen LogP contribution in [0.2, 0.25) is 0 Å². The van der Waals surface area contributed by atoms with Crippen molar-refractivity contribution in [2.24, 2.45) is 0 Å². The number of rotatable bonds is 2. The van der Waals surface area contributed by atoms with Crippen LogP contribution in [0.4, 0.5) is 22.0 Å². The van der Waals surface area contributed by atoms with Gasteiger partial charge in [-0.05, 0) is 24.3 Å². The predicted octanol–water partition coefficient (Wildman–Crippen LogP) is 3.24. The van der Waals surface area contributed by atoms with Crippen LogP contribution in [0, 0.1) is 5.82 Å². The highest BCUT2D eigenvalue weighted by atomic mass is 19.4. The lowest BCUT2D eigenvalue weighted by atomic mass is 10.1. The van der Waals surface area contributed by atoms with Gasteiger partial charge >= 0.3 is 12.1 Å². The van der Waals surface area contributed by atoms with Crippen LogP contribution in [0.1, 0.15) is 11.1 Å². The molecule has 1 N–H and O–H groups in total. The molecule has 1 rings (SSSR count). The van der Waals surface area contributed by atoms with Gasteiger partial charge in [0.25, 0.3) is 0 Å². The first kappa shape index (κ1) is 13.1. The SMILES string of the molecule is O=C(O)/C(F)=C/c1cc(C(F)(F)F)ccc1F. The van der Waals surface area contributed by atoms with Gasteiger partial charge in [-0.1, -0.05) is 0 Å². The molecular weight excluding hydrogens is 247 g/mol. The highest BCUT2D eigenvalue weighted by Crippen LogP contribution is 2.30. The fourth-order valence-corrected chi connectivity index (χ4v) is 1.03. The Morgan fingerprint density at radius 2 is 1.88 bits per heavy atom. The van der Waals surface area contributed by atoms with Crippen LogP contribution in [0.3, 0.4) is 0 Å². The number of carbonyl (C=O) groups is 1. The fraction of sp³-hybridized carbons (Fsp3) is 0.100. The lowest BCUT2D eigenvalue weighted by Crippen LogP contribution is -2.05. The van der Waals surface area contributed by atoms with Crippen LogP contribution in [0.25, 0.3) is 6.08 Å². The summed E-state index contributed by atoms with van der Waals surface area (Å²) in [6.45, 7) is 0. The molecule has 0 aliphatic rings. The largest absolute Gasteiger partial charge is 0.476 e. The van der Waals surface area contributed by atoms with Gasteiger partial charge in [-0.25, -0.2) is 9.18 Å². The summed E-state index contributed by atoms with van der Waals surface area (Å²) in [7, 11) is 0.